The molecule has 2 aromatic carbocycles. The van der Waals surface area contributed by atoms with Gasteiger partial charge in [-0.05, 0) is 23.8 Å². The van der Waals surface area contributed by atoms with Gasteiger partial charge in [-0.2, -0.15) is 0 Å². The lowest BCUT2D eigenvalue weighted by atomic mass is 10.0. The van der Waals surface area contributed by atoms with Crippen molar-refractivity contribution in [2.24, 2.45) is 0 Å². The van der Waals surface area contributed by atoms with E-state index in [2.05, 4.69) is 20.9 Å². The maximum Gasteiger partial charge on any atom is 0.150 e. The molecule has 0 fully saturated rings. The maximum atomic E-state index is 10.7. The summed E-state index contributed by atoms with van der Waals surface area (Å²) < 4.78 is 1.05. The molecule has 0 atom stereocenters. The minimum atomic E-state index is 0.679. The van der Waals surface area contributed by atoms with Gasteiger partial charge in [-0.15, -0.1) is 0 Å². The molecule has 3 aromatic rings. The van der Waals surface area contributed by atoms with Crippen molar-refractivity contribution in [1.29, 1.82) is 0 Å². The Labute approximate surface area is 131 Å². The second-order valence-corrected chi connectivity index (χ2v) is 5.59. The van der Waals surface area contributed by atoms with E-state index in [9.17, 15) is 4.79 Å². The predicted molar refractivity (Wildman–Crippen MR) is 88.2 cm³/mol. The van der Waals surface area contributed by atoms with Gasteiger partial charge in [-0.3, -0.25) is 9.78 Å². The lowest BCUT2D eigenvalue weighted by Gasteiger charge is -2.04. The molecule has 3 heteroatoms. The second kappa shape index (κ2) is 6.02. The highest BCUT2D eigenvalue weighted by molar-refractivity contribution is 9.10. The van der Waals surface area contributed by atoms with E-state index in [0.717, 1.165) is 33.1 Å². The Morgan fingerprint density at radius 2 is 1.38 bits per heavy atom. The Hall–Kier alpha value is -2.26. The highest BCUT2D eigenvalue weighted by Gasteiger charge is 2.02. The average molecular weight is 338 g/mol. The van der Waals surface area contributed by atoms with Gasteiger partial charge in [0.1, 0.15) is 6.29 Å². The summed E-state index contributed by atoms with van der Waals surface area (Å²) in [4.78, 5) is 15.2. The molecule has 0 N–H and O–H groups in total. The number of aldehydes is 1. The molecule has 0 radical (unpaired) electrons. The van der Waals surface area contributed by atoms with Crippen LogP contribution < -0.4 is 0 Å². The van der Waals surface area contributed by atoms with Crippen LogP contribution in [0.4, 0.5) is 0 Å². The number of halogens is 1. The molecule has 0 unspecified atom stereocenters. The van der Waals surface area contributed by atoms with Gasteiger partial charge in [-0.1, -0.05) is 58.4 Å². The quantitative estimate of drug-likeness (QED) is 0.630. The molecule has 0 saturated heterocycles. The zero-order chi connectivity index (χ0) is 14.7. The minimum Gasteiger partial charge on any atom is -0.298 e. The highest BCUT2D eigenvalue weighted by atomic mass is 79.9. The number of hydrogen-bond acceptors (Lipinski definition) is 2. The zero-order valence-electron chi connectivity index (χ0n) is 11.2. The van der Waals surface area contributed by atoms with E-state index in [0.29, 0.717) is 5.56 Å². The van der Waals surface area contributed by atoms with E-state index in [1.54, 1.807) is 0 Å². The van der Waals surface area contributed by atoms with Crippen LogP contribution in [0.5, 0.6) is 0 Å². The van der Waals surface area contributed by atoms with Crippen LogP contribution >= 0.6 is 15.9 Å². The highest BCUT2D eigenvalue weighted by Crippen LogP contribution is 2.23. The summed E-state index contributed by atoms with van der Waals surface area (Å²) in [7, 11) is 0. The van der Waals surface area contributed by atoms with Crippen LogP contribution in [-0.4, -0.2) is 11.3 Å². The molecule has 3 rings (SSSR count). The first-order valence-corrected chi connectivity index (χ1v) is 7.33. The van der Waals surface area contributed by atoms with Crippen LogP contribution in [0, 0.1) is 0 Å². The number of carbonyl (C=O) groups is 1. The number of benzene rings is 2. The normalized spacial score (nSPS) is 10.3. The lowest BCUT2D eigenvalue weighted by molar-refractivity contribution is 0.112. The summed E-state index contributed by atoms with van der Waals surface area (Å²) in [6.07, 6.45) is 2.70. The van der Waals surface area contributed by atoms with E-state index in [4.69, 9.17) is 0 Å². The molecule has 0 saturated carbocycles. The van der Waals surface area contributed by atoms with E-state index < -0.39 is 0 Å². The summed E-state index contributed by atoms with van der Waals surface area (Å²) in [5.41, 5.74) is 4.79. The number of hydrogen-bond donors (Lipinski definition) is 0. The molecule has 102 valence electrons. The van der Waals surface area contributed by atoms with Gasteiger partial charge >= 0.3 is 0 Å². The van der Waals surface area contributed by atoms with Crippen LogP contribution in [0.1, 0.15) is 10.4 Å². The molecular formula is C18H12BrNO. The number of nitrogens with zero attached hydrogens (tertiary/aromatic N) is 1. The number of carbonyl (C=O) groups excluding carboxylic acids is 1. The standard InChI is InChI=1S/C18H12BrNO/c19-17-8-5-15(6-9-17)18-10-7-16(11-20-18)14-3-1-13(12-21)2-4-14/h1-12H. The Balaban J connectivity index is 1.89. The molecule has 1 heterocycles. The van der Waals surface area contributed by atoms with Crippen molar-refractivity contribution in [2.75, 3.05) is 0 Å². The first-order valence-electron chi connectivity index (χ1n) is 6.54. The Bertz CT molecular complexity index is 747. The Kier molecular flexibility index (Phi) is 3.93. The van der Waals surface area contributed by atoms with Crippen molar-refractivity contribution in [3.63, 3.8) is 0 Å². The lowest BCUT2D eigenvalue weighted by Crippen LogP contribution is -1.86. The van der Waals surface area contributed by atoms with Crippen LogP contribution in [0.25, 0.3) is 22.4 Å². The summed E-state index contributed by atoms with van der Waals surface area (Å²) in [5.74, 6) is 0. The van der Waals surface area contributed by atoms with Crippen molar-refractivity contribution in [1.82, 2.24) is 4.98 Å². The van der Waals surface area contributed by atoms with Crippen molar-refractivity contribution in [3.8, 4) is 22.4 Å². The maximum absolute atomic E-state index is 10.7. The molecule has 0 amide bonds. The van der Waals surface area contributed by atoms with Crippen LogP contribution in [0.15, 0.2) is 71.3 Å². The number of aromatic nitrogens is 1. The molecule has 0 aliphatic rings. The molecule has 0 aliphatic heterocycles. The number of rotatable bonds is 3. The van der Waals surface area contributed by atoms with Crippen molar-refractivity contribution in [3.05, 3.63) is 76.9 Å². The monoisotopic (exact) mass is 337 g/mol. The third kappa shape index (κ3) is 3.09. The molecule has 2 nitrogen and oxygen atoms in total. The summed E-state index contributed by atoms with van der Waals surface area (Å²) in [6.45, 7) is 0. The SMILES string of the molecule is O=Cc1ccc(-c2ccc(-c3ccc(Br)cc3)nc2)cc1. The average Bonchev–Trinajstić information content (AvgIpc) is 2.56. The molecule has 0 aliphatic carbocycles. The van der Waals surface area contributed by atoms with Crippen LogP contribution in [0.2, 0.25) is 0 Å². The second-order valence-electron chi connectivity index (χ2n) is 4.68. The molecular weight excluding hydrogens is 326 g/mol. The first-order chi connectivity index (χ1) is 10.3. The van der Waals surface area contributed by atoms with Crippen molar-refractivity contribution < 1.29 is 4.79 Å². The molecule has 0 bridgehead atoms. The predicted octanol–water partition coefficient (Wildman–Crippen LogP) is 4.99. The summed E-state index contributed by atoms with van der Waals surface area (Å²) in [5, 5.41) is 0. The van der Waals surface area contributed by atoms with E-state index in [1.165, 1.54) is 0 Å². The molecule has 0 spiro atoms. The van der Waals surface area contributed by atoms with Gasteiger partial charge in [0.2, 0.25) is 0 Å². The van der Waals surface area contributed by atoms with Crippen molar-refractivity contribution >= 4 is 22.2 Å². The Morgan fingerprint density at radius 1 is 0.762 bits per heavy atom. The fourth-order valence-corrected chi connectivity index (χ4v) is 2.37. The third-order valence-corrected chi connectivity index (χ3v) is 3.81. The largest absolute Gasteiger partial charge is 0.298 e. The first kappa shape index (κ1) is 13.7. The van der Waals surface area contributed by atoms with Crippen LogP contribution in [0.3, 0.4) is 0 Å². The van der Waals surface area contributed by atoms with Gasteiger partial charge in [0.15, 0.2) is 0 Å². The van der Waals surface area contributed by atoms with Crippen LogP contribution in [-0.2, 0) is 0 Å². The molecule has 21 heavy (non-hydrogen) atoms. The van der Waals surface area contributed by atoms with Gasteiger partial charge in [0.05, 0.1) is 5.69 Å². The van der Waals surface area contributed by atoms with Gasteiger partial charge in [0, 0.05) is 27.4 Å². The van der Waals surface area contributed by atoms with E-state index >= 15 is 0 Å². The Morgan fingerprint density at radius 3 is 1.95 bits per heavy atom. The molecule has 1 aromatic heterocycles. The van der Waals surface area contributed by atoms with Crippen molar-refractivity contribution in [2.45, 2.75) is 0 Å². The topological polar surface area (TPSA) is 30.0 Å². The van der Waals surface area contributed by atoms with Gasteiger partial charge < -0.3 is 0 Å². The fraction of sp³-hybridized carbons (Fsp3) is 0. The van der Waals surface area contributed by atoms with E-state index in [1.807, 2.05) is 66.9 Å². The summed E-state index contributed by atoms with van der Waals surface area (Å²) >= 11 is 3.43. The minimum absolute atomic E-state index is 0.679. The fourth-order valence-electron chi connectivity index (χ4n) is 2.11. The zero-order valence-corrected chi connectivity index (χ0v) is 12.7. The van der Waals surface area contributed by atoms with E-state index in [-0.39, 0.29) is 0 Å². The smallest absolute Gasteiger partial charge is 0.150 e. The van der Waals surface area contributed by atoms with Gasteiger partial charge in [0.25, 0.3) is 0 Å². The third-order valence-electron chi connectivity index (χ3n) is 3.28. The number of pyridine rings is 1. The van der Waals surface area contributed by atoms with Gasteiger partial charge in [-0.25, -0.2) is 0 Å². The summed E-state index contributed by atoms with van der Waals surface area (Å²) in [6, 6.07) is 19.6.